The Morgan fingerprint density at radius 3 is 1.75 bits per heavy atom. The molecule has 0 saturated heterocycles. The molecule has 0 saturated carbocycles. The number of nitrogens with two attached hydrogens (primary N) is 2. The van der Waals surface area contributed by atoms with Crippen LogP contribution in [0.5, 0.6) is 0 Å². The van der Waals surface area contributed by atoms with Crippen molar-refractivity contribution in [3.05, 3.63) is 23.5 Å². The van der Waals surface area contributed by atoms with Gasteiger partial charge in [-0.1, -0.05) is 27.7 Å². The van der Waals surface area contributed by atoms with Crippen molar-refractivity contribution >= 4 is 0 Å². The Morgan fingerprint density at radius 2 is 1.50 bits per heavy atom. The normalized spacial score (nSPS) is 12.5. The van der Waals surface area contributed by atoms with Crippen molar-refractivity contribution in [1.82, 2.24) is 0 Å². The van der Waals surface area contributed by atoms with Crippen LogP contribution in [0.1, 0.15) is 34.6 Å². The molecule has 4 N–H and O–H groups in total. The van der Waals surface area contributed by atoms with Crippen LogP contribution in [0.15, 0.2) is 23.5 Å². The molecule has 72 valence electrons. The molecule has 0 radical (unpaired) electrons. The lowest BCUT2D eigenvalue weighted by atomic mass is 10.1. The van der Waals surface area contributed by atoms with Gasteiger partial charge < -0.3 is 11.5 Å². The molecule has 0 heterocycles. The highest BCUT2D eigenvalue weighted by molar-refractivity contribution is 5.13. The molecule has 0 aromatic heterocycles. The Labute approximate surface area is 76.3 Å². The Kier molecular flexibility index (Phi) is 9.31. The van der Waals surface area contributed by atoms with E-state index >= 15 is 0 Å². The van der Waals surface area contributed by atoms with Crippen LogP contribution in [0.2, 0.25) is 0 Å². The molecular weight excluding hydrogens is 148 g/mol. The van der Waals surface area contributed by atoms with Crippen LogP contribution in [-0.2, 0) is 0 Å². The molecular formula is C10H22N2. The van der Waals surface area contributed by atoms with Crippen molar-refractivity contribution in [3.8, 4) is 0 Å². The first-order chi connectivity index (χ1) is 5.54. The van der Waals surface area contributed by atoms with E-state index in [2.05, 4.69) is 0 Å². The lowest BCUT2D eigenvalue weighted by Gasteiger charge is -2.01. The quantitative estimate of drug-likeness (QED) is 0.625. The third kappa shape index (κ3) is 9.08. The minimum absolute atomic E-state index is 0.399. The number of rotatable bonds is 2. The highest BCUT2D eigenvalue weighted by Gasteiger charge is 1.93. The van der Waals surface area contributed by atoms with Gasteiger partial charge in [0.2, 0.25) is 0 Å². The molecule has 0 aromatic carbocycles. The molecule has 0 atom stereocenters. The van der Waals surface area contributed by atoms with Crippen LogP contribution >= 0.6 is 0 Å². The van der Waals surface area contributed by atoms with Crippen molar-refractivity contribution in [1.29, 1.82) is 0 Å². The zero-order valence-corrected chi connectivity index (χ0v) is 8.89. The third-order valence-corrected chi connectivity index (χ3v) is 1.21. The van der Waals surface area contributed by atoms with Gasteiger partial charge >= 0.3 is 0 Å². The molecule has 0 aliphatic heterocycles. The van der Waals surface area contributed by atoms with Crippen LogP contribution in [-0.4, -0.2) is 0 Å². The van der Waals surface area contributed by atoms with Crippen LogP contribution in [0.4, 0.5) is 0 Å². The van der Waals surface area contributed by atoms with E-state index in [0.29, 0.717) is 5.92 Å². The molecule has 2 nitrogen and oxygen atoms in total. The fraction of sp³-hybridized carbons (Fsp3) is 0.600. The van der Waals surface area contributed by atoms with Crippen LogP contribution in [0.3, 0.4) is 0 Å². The van der Waals surface area contributed by atoms with Crippen molar-refractivity contribution < 1.29 is 0 Å². The summed E-state index contributed by atoms with van der Waals surface area (Å²) in [6, 6.07) is 0. The summed E-state index contributed by atoms with van der Waals surface area (Å²) >= 11 is 0. The average Bonchev–Trinajstić information content (AvgIpc) is 2.03. The molecule has 0 amide bonds. The summed E-state index contributed by atoms with van der Waals surface area (Å²) in [6.07, 6.45) is 3.66. The predicted molar refractivity (Wildman–Crippen MR) is 56.4 cm³/mol. The molecule has 0 fully saturated rings. The summed E-state index contributed by atoms with van der Waals surface area (Å²) in [5, 5.41) is 0. The van der Waals surface area contributed by atoms with Crippen molar-refractivity contribution in [2.75, 3.05) is 0 Å². The standard InChI is InChI=1S/C8H16N2.C2H6/c1-6(2)8(10)5-4-7(3)9;1-2/h4-6H,9-10H2,1-3H3;1-2H3/b7-4-,8-5-;. The van der Waals surface area contributed by atoms with Crippen LogP contribution in [0.25, 0.3) is 0 Å². The Balaban J connectivity index is 0. The fourth-order valence-corrected chi connectivity index (χ4v) is 0.420. The molecule has 0 rings (SSSR count). The van der Waals surface area contributed by atoms with E-state index in [1.807, 2.05) is 46.8 Å². The summed E-state index contributed by atoms with van der Waals surface area (Å²) in [5.41, 5.74) is 12.7. The van der Waals surface area contributed by atoms with Gasteiger partial charge in [0.15, 0.2) is 0 Å². The minimum atomic E-state index is 0.399. The van der Waals surface area contributed by atoms with Gasteiger partial charge in [-0.3, -0.25) is 0 Å². The van der Waals surface area contributed by atoms with Gasteiger partial charge in [-0.15, -0.1) is 0 Å². The monoisotopic (exact) mass is 170 g/mol. The first kappa shape index (κ1) is 13.7. The molecule has 0 spiro atoms. The smallest absolute Gasteiger partial charge is 0.0107 e. The summed E-state index contributed by atoms with van der Waals surface area (Å²) in [7, 11) is 0. The second-order valence-corrected chi connectivity index (χ2v) is 2.73. The van der Waals surface area contributed by atoms with Crippen LogP contribution in [0, 0.1) is 5.92 Å². The number of allylic oxidation sites excluding steroid dienone is 4. The number of hydrogen-bond acceptors (Lipinski definition) is 2. The van der Waals surface area contributed by atoms with E-state index < -0.39 is 0 Å². The number of hydrogen-bond donors (Lipinski definition) is 2. The van der Waals surface area contributed by atoms with E-state index in [9.17, 15) is 0 Å². The molecule has 2 heteroatoms. The highest BCUT2D eigenvalue weighted by Crippen LogP contribution is 2.01. The average molecular weight is 170 g/mol. The summed E-state index contributed by atoms with van der Waals surface area (Å²) in [5.74, 6) is 0.399. The maximum atomic E-state index is 5.63. The maximum Gasteiger partial charge on any atom is 0.0107 e. The van der Waals surface area contributed by atoms with E-state index in [1.54, 1.807) is 0 Å². The van der Waals surface area contributed by atoms with Gasteiger partial charge in [-0.05, 0) is 25.0 Å². The topological polar surface area (TPSA) is 52.0 Å². The largest absolute Gasteiger partial charge is 0.402 e. The molecule has 12 heavy (non-hydrogen) atoms. The zero-order valence-electron chi connectivity index (χ0n) is 8.89. The van der Waals surface area contributed by atoms with Gasteiger partial charge in [0.1, 0.15) is 0 Å². The fourth-order valence-electron chi connectivity index (χ4n) is 0.420. The van der Waals surface area contributed by atoms with Gasteiger partial charge in [-0.25, -0.2) is 0 Å². The highest BCUT2D eigenvalue weighted by atomic mass is 14.6. The third-order valence-electron chi connectivity index (χ3n) is 1.21. The van der Waals surface area contributed by atoms with E-state index in [-0.39, 0.29) is 0 Å². The Morgan fingerprint density at radius 1 is 1.08 bits per heavy atom. The van der Waals surface area contributed by atoms with Crippen molar-refractivity contribution in [2.45, 2.75) is 34.6 Å². The van der Waals surface area contributed by atoms with E-state index in [1.165, 1.54) is 0 Å². The Bertz CT molecular complexity index is 151. The predicted octanol–water partition coefficient (Wildman–Crippen LogP) is 2.37. The molecule has 0 aliphatic carbocycles. The van der Waals surface area contributed by atoms with Gasteiger partial charge in [0.05, 0.1) is 0 Å². The zero-order chi connectivity index (χ0) is 10.1. The summed E-state index contributed by atoms with van der Waals surface area (Å²) in [4.78, 5) is 0. The first-order valence-corrected chi connectivity index (χ1v) is 4.43. The van der Waals surface area contributed by atoms with Crippen LogP contribution < -0.4 is 11.5 Å². The Hall–Kier alpha value is -0.920. The van der Waals surface area contributed by atoms with Crippen molar-refractivity contribution in [2.24, 2.45) is 17.4 Å². The molecule has 0 bridgehead atoms. The summed E-state index contributed by atoms with van der Waals surface area (Å²) < 4.78 is 0. The lowest BCUT2D eigenvalue weighted by Crippen LogP contribution is -2.04. The van der Waals surface area contributed by atoms with E-state index in [4.69, 9.17) is 11.5 Å². The molecule has 0 aromatic rings. The molecule has 0 unspecified atom stereocenters. The lowest BCUT2D eigenvalue weighted by molar-refractivity contribution is 0.757. The van der Waals surface area contributed by atoms with Gasteiger partial charge in [0.25, 0.3) is 0 Å². The van der Waals surface area contributed by atoms with Crippen molar-refractivity contribution in [3.63, 3.8) is 0 Å². The van der Waals surface area contributed by atoms with Gasteiger partial charge in [0, 0.05) is 11.4 Å². The molecule has 0 aliphatic rings. The SMILES string of the molecule is C/C(N)=C/C=C(\N)C(C)C.CC. The second kappa shape index (κ2) is 8.18. The minimum Gasteiger partial charge on any atom is -0.402 e. The van der Waals surface area contributed by atoms with Gasteiger partial charge in [-0.2, -0.15) is 0 Å². The maximum absolute atomic E-state index is 5.63. The second-order valence-electron chi connectivity index (χ2n) is 2.73. The first-order valence-electron chi connectivity index (χ1n) is 4.43. The summed E-state index contributed by atoms with van der Waals surface area (Å²) in [6.45, 7) is 9.93. The van der Waals surface area contributed by atoms with E-state index in [0.717, 1.165) is 11.4 Å².